The molecule has 1 N–H and O–H groups in total. The molecule has 0 radical (unpaired) electrons. The predicted molar refractivity (Wildman–Crippen MR) is 102 cm³/mol. The summed E-state index contributed by atoms with van der Waals surface area (Å²) in [6.45, 7) is 0.913. The third kappa shape index (κ3) is 5.87. The molecule has 1 amide bonds. The molecule has 0 bridgehead atoms. The second-order valence-corrected chi connectivity index (χ2v) is 6.84. The van der Waals surface area contributed by atoms with Crippen LogP contribution in [0.3, 0.4) is 0 Å². The van der Waals surface area contributed by atoms with E-state index in [4.69, 9.17) is 4.74 Å². The fraction of sp³-hybridized carbons (Fsp3) is 0.381. The van der Waals surface area contributed by atoms with Gasteiger partial charge in [-0.05, 0) is 43.1 Å². The first-order chi connectivity index (χ1) is 13.9. The van der Waals surface area contributed by atoms with Crippen molar-refractivity contribution in [3.63, 3.8) is 0 Å². The first kappa shape index (κ1) is 21.0. The first-order valence-corrected chi connectivity index (χ1v) is 9.34. The number of amides is 1. The van der Waals surface area contributed by atoms with Crippen molar-refractivity contribution in [2.75, 3.05) is 20.2 Å². The molecule has 1 fully saturated rings. The van der Waals surface area contributed by atoms with Crippen LogP contribution in [-0.4, -0.2) is 37.4 Å². The number of alkyl halides is 3. The van der Waals surface area contributed by atoms with Crippen molar-refractivity contribution < 1.29 is 27.4 Å². The van der Waals surface area contributed by atoms with E-state index >= 15 is 0 Å². The summed E-state index contributed by atoms with van der Waals surface area (Å²) in [5.41, 5.74) is 1.35. The highest BCUT2D eigenvalue weighted by molar-refractivity contribution is 5.78. The average Bonchev–Trinajstić information content (AvgIpc) is 3.14. The van der Waals surface area contributed by atoms with Gasteiger partial charge in [0.15, 0.2) is 0 Å². The number of carbonyl (C=O) groups excluding carboxylic acids is 1. The molecule has 2 aromatic rings. The van der Waals surface area contributed by atoms with E-state index in [0.29, 0.717) is 0 Å². The van der Waals surface area contributed by atoms with Crippen LogP contribution in [0, 0.1) is 0 Å². The molecule has 1 aliphatic heterocycles. The third-order valence-corrected chi connectivity index (χ3v) is 4.86. The summed E-state index contributed by atoms with van der Waals surface area (Å²) < 4.78 is 46.9. The summed E-state index contributed by atoms with van der Waals surface area (Å²) in [5.74, 6) is 0.206. The Bertz CT molecular complexity index is 842. The molecule has 1 unspecified atom stereocenters. The van der Waals surface area contributed by atoms with Crippen molar-refractivity contribution in [2.45, 2.75) is 31.8 Å². The van der Waals surface area contributed by atoms with Gasteiger partial charge in [0.1, 0.15) is 11.5 Å². The van der Waals surface area contributed by atoms with Crippen molar-refractivity contribution >= 4 is 5.91 Å². The van der Waals surface area contributed by atoms with Gasteiger partial charge in [-0.25, -0.2) is 0 Å². The molecule has 0 aliphatic carbocycles. The number of nitrogens with one attached hydrogen (secondary N) is 1. The van der Waals surface area contributed by atoms with E-state index < -0.39 is 6.36 Å². The fourth-order valence-electron chi connectivity index (χ4n) is 3.55. The summed E-state index contributed by atoms with van der Waals surface area (Å²) in [5, 5.41) is 2.69. The number of nitrogens with zero attached hydrogens (tertiary/aromatic N) is 1. The third-order valence-electron chi connectivity index (χ3n) is 4.86. The molecule has 29 heavy (non-hydrogen) atoms. The van der Waals surface area contributed by atoms with Gasteiger partial charge in [-0.2, -0.15) is 0 Å². The van der Waals surface area contributed by atoms with Gasteiger partial charge in [0.2, 0.25) is 5.91 Å². The zero-order chi connectivity index (χ0) is 20.9. The molecule has 1 atom stereocenters. The van der Waals surface area contributed by atoms with Crippen molar-refractivity contribution in [1.29, 1.82) is 0 Å². The number of para-hydroxylation sites is 1. The highest BCUT2D eigenvalue weighted by Gasteiger charge is 2.32. The van der Waals surface area contributed by atoms with Crippen molar-refractivity contribution in [3.8, 4) is 11.5 Å². The molecule has 2 aromatic carbocycles. The molecular weight excluding hydrogens is 385 g/mol. The fourth-order valence-corrected chi connectivity index (χ4v) is 3.55. The molecular formula is C21H23F3N2O3. The van der Waals surface area contributed by atoms with Gasteiger partial charge in [0.25, 0.3) is 0 Å². The van der Waals surface area contributed by atoms with Gasteiger partial charge in [-0.15, -0.1) is 13.2 Å². The van der Waals surface area contributed by atoms with E-state index in [1.54, 1.807) is 13.2 Å². The van der Waals surface area contributed by atoms with Gasteiger partial charge < -0.3 is 14.8 Å². The Morgan fingerprint density at radius 1 is 1.21 bits per heavy atom. The Balaban J connectivity index is 1.59. The van der Waals surface area contributed by atoms with E-state index in [2.05, 4.69) is 15.0 Å². The normalized spacial score (nSPS) is 17.2. The van der Waals surface area contributed by atoms with Gasteiger partial charge >= 0.3 is 6.36 Å². The van der Waals surface area contributed by atoms with Crippen molar-refractivity contribution in [2.24, 2.45) is 0 Å². The van der Waals surface area contributed by atoms with Crippen LogP contribution in [0.25, 0.3) is 0 Å². The van der Waals surface area contributed by atoms with E-state index in [0.717, 1.165) is 30.7 Å². The molecule has 0 aromatic heterocycles. The quantitative estimate of drug-likeness (QED) is 0.751. The zero-order valence-electron chi connectivity index (χ0n) is 16.0. The van der Waals surface area contributed by atoms with Crippen LogP contribution in [0.5, 0.6) is 11.5 Å². The number of methoxy groups -OCH3 is 1. The molecule has 0 saturated carbocycles. The Labute approximate surface area is 167 Å². The van der Waals surface area contributed by atoms with Crippen LogP contribution in [-0.2, 0) is 11.3 Å². The summed E-state index contributed by atoms with van der Waals surface area (Å²) in [4.78, 5) is 14.5. The molecule has 0 spiro atoms. The minimum atomic E-state index is -4.78. The molecule has 3 rings (SSSR count). The van der Waals surface area contributed by atoms with E-state index in [-0.39, 0.29) is 36.4 Å². The Hall–Kier alpha value is -2.74. The van der Waals surface area contributed by atoms with Crippen LogP contribution in [0.4, 0.5) is 13.2 Å². The smallest absolute Gasteiger partial charge is 0.497 e. The maximum absolute atomic E-state index is 12.5. The summed E-state index contributed by atoms with van der Waals surface area (Å²) in [6, 6.07) is 13.7. The molecule has 156 valence electrons. The molecule has 5 nitrogen and oxygen atoms in total. The second kappa shape index (κ2) is 9.17. The van der Waals surface area contributed by atoms with E-state index in [1.807, 2.05) is 24.3 Å². The molecule has 1 saturated heterocycles. The molecule has 1 heterocycles. The maximum Gasteiger partial charge on any atom is 0.573 e. The number of ether oxygens (including phenoxy) is 2. The van der Waals surface area contributed by atoms with E-state index in [9.17, 15) is 18.0 Å². The van der Waals surface area contributed by atoms with Crippen LogP contribution >= 0.6 is 0 Å². The van der Waals surface area contributed by atoms with Gasteiger partial charge in [0, 0.05) is 18.2 Å². The number of hydrogen-bond donors (Lipinski definition) is 1. The van der Waals surface area contributed by atoms with Gasteiger partial charge in [0.05, 0.1) is 13.7 Å². The number of hydrogen-bond acceptors (Lipinski definition) is 4. The minimum Gasteiger partial charge on any atom is -0.497 e. The standard InChI is InChI=1S/C21H23F3N2O3/c1-28-17-8-4-7-15(12-17)18-9-5-11-26(18)14-20(27)25-13-16-6-2-3-10-19(16)29-21(22,23)24/h2-4,6-8,10,12,18H,5,9,11,13-14H2,1H3,(H,25,27). The first-order valence-electron chi connectivity index (χ1n) is 9.34. The molecule has 8 heteroatoms. The van der Waals surface area contributed by atoms with Gasteiger partial charge in [-0.3, -0.25) is 9.69 Å². The zero-order valence-corrected chi connectivity index (χ0v) is 16.0. The topological polar surface area (TPSA) is 50.8 Å². The number of halogens is 3. The van der Waals surface area contributed by atoms with Crippen LogP contribution < -0.4 is 14.8 Å². The van der Waals surface area contributed by atoms with Crippen LogP contribution in [0.15, 0.2) is 48.5 Å². The van der Waals surface area contributed by atoms with Gasteiger partial charge in [-0.1, -0.05) is 30.3 Å². The summed E-state index contributed by atoms with van der Waals surface area (Å²) in [6.07, 6.45) is -2.88. The summed E-state index contributed by atoms with van der Waals surface area (Å²) >= 11 is 0. The second-order valence-electron chi connectivity index (χ2n) is 6.84. The predicted octanol–water partition coefficient (Wildman–Crippen LogP) is 4.05. The summed E-state index contributed by atoms with van der Waals surface area (Å²) in [7, 11) is 1.61. The van der Waals surface area contributed by atoms with Crippen molar-refractivity contribution in [1.82, 2.24) is 10.2 Å². The minimum absolute atomic E-state index is 0.0389. The largest absolute Gasteiger partial charge is 0.573 e. The lowest BCUT2D eigenvalue weighted by Gasteiger charge is -2.24. The lowest BCUT2D eigenvalue weighted by atomic mass is 10.0. The van der Waals surface area contributed by atoms with Crippen molar-refractivity contribution in [3.05, 3.63) is 59.7 Å². The number of carbonyl (C=O) groups is 1. The monoisotopic (exact) mass is 408 g/mol. The van der Waals surface area contributed by atoms with Crippen LogP contribution in [0.1, 0.15) is 30.0 Å². The van der Waals surface area contributed by atoms with Crippen LogP contribution in [0.2, 0.25) is 0 Å². The number of benzene rings is 2. The highest BCUT2D eigenvalue weighted by atomic mass is 19.4. The Morgan fingerprint density at radius 2 is 2.00 bits per heavy atom. The SMILES string of the molecule is COc1cccc(C2CCCN2CC(=O)NCc2ccccc2OC(F)(F)F)c1. The lowest BCUT2D eigenvalue weighted by Crippen LogP contribution is -2.36. The maximum atomic E-state index is 12.5. The number of likely N-dealkylation sites (tertiary alicyclic amines) is 1. The Kier molecular flexibility index (Phi) is 6.64. The average molecular weight is 408 g/mol. The Morgan fingerprint density at radius 3 is 2.76 bits per heavy atom. The molecule has 1 aliphatic rings. The number of rotatable bonds is 7. The van der Waals surface area contributed by atoms with E-state index in [1.165, 1.54) is 18.2 Å². The lowest BCUT2D eigenvalue weighted by molar-refractivity contribution is -0.274. The highest BCUT2D eigenvalue weighted by Crippen LogP contribution is 2.33.